The molecule has 0 saturated carbocycles. The topological polar surface area (TPSA) is 72.6 Å². The van der Waals surface area contributed by atoms with E-state index in [0.29, 0.717) is 25.9 Å². The normalized spacial score (nSPS) is 16.0. The SMILES string of the molecule is NC(=O)C1CCN(C(=O)c2ccccc2OC(F)F)CC1. The smallest absolute Gasteiger partial charge is 0.387 e. The quantitative estimate of drug-likeness (QED) is 0.918. The van der Waals surface area contributed by atoms with Gasteiger partial charge < -0.3 is 15.4 Å². The summed E-state index contributed by atoms with van der Waals surface area (Å²) in [6, 6.07) is 5.88. The number of nitrogens with two attached hydrogens (primary N) is 1. The van der Waals surface area contributed by atoms with E-state index in [1.807, 2.05) is 0 Å². The third-order valence-corrected chi connectivity index (χ3v) is 3.52. The Morgan fingerprint density at radius 1 is 1.24 bits per heavy atom. The lowest BCUT2D eigenvalue weighted by molar-refractivity contribution is -0.123. The summed E-state index contributed by atoms with van der Waals surface area (Å²) in [4.78, 5) is 25.0. The van der Waals surface area contributed by atoms with Crippen molar-refractivity contribution in [2.24, 2.45) is 11.7 Å². The number of hydrogen-bond donors (Lipinski definition) is 1. The maximum atomic E-state index is 12.4. The summed E-state index contributed by atoms with van der Waals surface area (Å²) in [7, 11) is 0. The Kier molecular flexibility index (Phi) is 4.72. The molecule has 2 amide bonds. The fourth-order valence-electron chi connectivity index (χ4n) is 2.38. The van der Waals surface area contributed by atoms with Crippen molar-refractivity contribution >= 4 is 11.8 Å². The average Bonchev–Trinajstić information content (AvgIpc) is 2.46. The molecule has 1 aliphatic rings. The predicted molar refractivity (Wildman–Crippen MR) is 70.9 cm³/mol. The van der Waals surface area contributed by atoms with Crippen LogP contribution in [-0.2, 0) is 4.79 Å². The van der Waals surface area contributed by atoms with Crippen molar-refractivity contribution in [3.05, 3.63) is 29.8 Å². The molecule has 0 radical (unpaired) electrons. The maximum absolute atomic E-state index is 12.4. The predicted octanol–water partition coefficient (Wildman–Crippen LogP) is 1.63. The molecule has 1 aromatic rings. The highest BCUT2D eigenvalue weighted by atomic mass is 19.3. The number of piperidine rings is 1. The first kappa shape index (κ1) is 15.2. The van der Waals surface area contributed by atoms with Crippen molar-refractivity contribution in [3.63, 3.8) is 0 Å². The second-order valence-electron chi connectivity index (χ2n) is 4.84. The molecule has 0 bridgehead atoms. The summed E-state index contributed by atoms with van der Waals surface area (Å²) in [5.74, 6) is -1.13. The fraction of sp³-hybridized carbons (Fsp3) is 0.429. The van der Waals surface area contributed by atoms with Gasteiger partial charge >= 0.3 is 6.61 Å². The number of nitrogens with zero attached hydrogens (tertiary/aromatic N) is 1. The number of halogens is 2. The van der Waals surface area contributed by atoms with Gasteiger partial charge in [-0.05, 0) is 25.0 Å². The number of alkyl halides is 2. The van der Waals surface area contributed by atoms with Crippen LogP contribution in [0.1, 0.15) is 23.2 Å². The molecule has 0 unspecified atom stereocenters. The van der Waals surface area contributed by atoms with Gasteiger partial charge in [-0.2, -0.15) is 8.78 Å². The van der Waals surface area contributed by atoms with Crippen LogP contribution >= 0.6 is 0 Å². The summed E-state index contributed by atoms with van der Waals surface area (Å²) in [6.45, 7) is -2.25. The van der Waals surface area contributed by atoms with Gasteiger partial charge in [-0.15, -0.1) is 0 Å². The highest BCUT2D eigenvalue weighted by molar-refractivity contribution is 5.97. The molecular formula is C14H16F2N2O3. The van der Waals surface area contributed by atoms with E-state index in [-0.39, 0.29) is 29.0 Å². The van der Waals surface area contributed by atoms with E-state index in [4.69, 9.17) is 5.73 Å². The molecule has 5 nitrogen and oxygen atoms in total. The molecule has 7 heteroatoms. The van der Waals surface area contributed by atoms with E-state index in [9.17, 15) is 18.4 Å². The van der Waals surface area contributed by atoms with Gasteiger partial charge in [0, 0.05) is 19.0 Å². The molecule has 0 aliphatic carbocycles. The molecule has 1 saturated heterocycles. The van der Waals surface area contributed by atoms with Crippen molar-refractivity contribution < 1.29 is 23.1 Å². The molecule has 2 rings (SSSR count). The minimum absolute atomic E-state index is 0.0929. The third-order valence-electron chi connectivity index (χ3n) is 3.52. The molecule has 0 atom stereocenters. The van der Waals surface area contributed by atoms with Crippen molar-refractivity contribution in [3.8, 4) is 5.75 Å². The lowest BCUT2D eigenvalue weighted by Crippen LogP contribution is -2.41. The van der Waals surface area contributed by atoms with E-state index in [2.05, 4.69) is 4.74 Å². The molecule has 0 spiro atoms. The standard InChI is InChI=1S/C14H16F2N2O3/c15-14(16)21-11-4-2-1-3-10(11)13(20)18-7-5-9(6-8-18)12(17)19/h1-4,9,14H,5-8H2,(H2,17,19). The number of carbonyl (C=O) groups excluding carboxylic acids is 2. The number of hydrogen-bond acceptors (Lipinski definition) is 3. The van der Waals surface area contributed by atoms with E-state index >= 15 is 0 Å². The van der Waals surface area contributed by atoms with Gasteiger partial charge in [-0.1, -0.05) is 12.1 Å². The molecule has 2 N–H and O–H groups in total. The third kappa shape index (κ3) is 3.68. The minimum Gasteiger partial charge on any atom is -0.434 e. The Balaban J connectivity index is 2.09. The van der Waals surface area contributed by atoms with Crippen LogP contribution in [0.25, 0.3) is 0 Å². The van der Waals surface area contributed by atoms with Crippen molar-refractivity contribution in [2.45, 2.75) is 19.5 Å². The van der Waals surface area contributed by atoms with E-state index in [0.717, 1.165) is 0 Å². The van der Waals surface area contributed by atoms with E-state index in [1.165, 1.54) is 23.1 Å². The molecule has 114 valence electrons. The number of carbonyl (C=O) groups is 2. The number of likely N-dealkylation sites (tertiary alicyclic amines) is 1. The van der Waals surface area contributed by atoms with Crippen LogP contribution in [0.4, 0.5) is 8.78 Å². The molecule has 1 aliphatic heterocycles. The Morgan fingerprint density at radius 3 is 2.43 bits per heavy atom. The molecular weight excluding hydrogens is 282 g/mol. The van der Waals surface area contributed by atoms with Crippen molar-refractivity contribution in [1.29, 1.82) is 0 Å². The first-order valence-electron chi connectivity index (χ1n) is 6.61. The fourth-order valence-corrected chi connectivity index (χ4v) is 2.38. The largest absolute Gasteiger partial charge is 0.434 e. The lowest BCUT2D eigenvalue weighted by atomic mass is 9.96. The van der Waals surface area contributed by atoms with Crippen LogP contribution in [0.3, 0.4) is 0 Å². The summed E-state index contributed by atoms with van der Waals surface area (Å²) in [5, 5.41) is 0. The van der Waals surface area contributed by atoms with Gasteiger partial charge in [0.2, 0.25) is 5.91 Å². The first-order valence-corrected chi connectivity index (χ1v) is 6.61. The average molecular weight is 298 g/mol. The highest BCUT2D eigenvalue weighted by Crippen LogP contribution is 2.24. The number of ether oxygens (including phenoxy) is 1. The maximum Gasteiger partial charge on any atom is 0.387 e. The van der Waals surface area contributed by atoms with Crippen LogP contribution in [0, 0.1) is 5.92 Å². The van der Waals surface area contributed by atoms with Crippen LogP contribution in [-0.4, -0.2) is 36.4 Å². The first-order chi connectivity index (χ1) is 9.99. The molecule has 1 aromatic carbocycles. The van der Waals surface area contributed by atoms with Crippen molar-refractivity contribution in [1.82, 2.24) is 4.90 Å². The Bertz CT molecular complexity index is 529. The second-order valence-corrected chi connectivity index (χ2v) is 4.84. The summed E-state index contributed by atoms with van der Waals surface area (Å²) >= 11 is 0. The van der Waals surface area contributed by atoms with Gasteiger partial charge in [0.05, 0.1) is 5.56 Å². The number of benzene rings is 1. The lowest BCUT2D eigenvalue weighted by Gasteiger charge is -2.31. The van der Waals surface area contributed by atoms with Crippen LogP contribution in [0.5, 0.6) is 5.75 Å². The Labute approximate surface area is 120 Å². The zero-order chi connectivity index (χ0) is 15.4. The molecule has 21 heavy (non-hydrogen) atoms. The van der Waals surface area contributed by atoms with Gasteiger partial charge in [0.25, 0.3) is 5.91 Å². The van der Waals surface area contributed by atoms with E-state index < -0.39 is 6.61 Å². The van der Waals surface area contributed by atoms with Gasteiger partial charge in [0.1, 0.15) is 5.75 Å². The Morgan fingerprint density at radius 2 is 1.86 bits per heavy atom. The number of primary amides is 1. The molecule has 1 heterocycles. The molecule has 0 aromatic heterocycles. The summed E-state index contributed by atoms with van der Waals surface area (Å²) in [6.07, 6.45) is 0.970. The summed E-state index contributed by atoms with van der Waals surface area (Å²) in [5.41, 5.74) is 5.33. The second kappa shape index (κ2) is 6.51. The Hall–Kier alpha value is -2.18. The zero-order valence-electron chi connectivity index (χ0n) is 11.3. The number of amides is 2. The number of para-hydroxylation sites is 1. The van der Waals surface area contributed by atoms with Crippen LogP contribution in [0.2, 0.25) is 0 Å². The van der Waals surface area contributed by atoms with E-state index in [1.54, 1.807) is 6.07 Å². The van der Waals surface area contributed by atoms with Gasteiger partial charge in [0.15, 0.2) is 0 Å². The van der Waals surface area contributed by atoms with Crippen molar-refractivity contribution in [2.75, 3.05) is 13.1 Å². The van der Waals surface area contributed by atoms with Crippen LogP contribution < -0.4 is 10.5 Å². The van der Waals surface area contributed by atoms with Gasteiger partial charge in [-0.3, -0.25) is 9.59 Å². The van der Waals surface area contributed by atoms with Crippen LogP contribution in [0.15, 0.2) is 24.3 Å². The zero-order valence-corrected chi connectivity index (χ0v) is 11.3. The minimum atomic E-state index is -2.99. The number of rotatable bonds is 4. The monoisotopic (exact) mass is 298 g/mol. The van der Waals surface area contributed by atoms with Gasteiger partial charge in [-0.25, -0.2) is 0 Å². The highest BCUT2D eigenvalue weighted by Gasteiger charge is 2.28. The molecule has 1 fully saturated rings. The summed E-state index contributed by atoms with van der Waals surface area (Å²) < 4.78 is 29.1.